The van der Waals surface area contributed by atoms with E-state index >= 15 is 0 Å². The lowest BCUT2D eigenvalue weighted by Crippen LogP contribution is -2.55. The van der Waals surface area contributed by atoms with Gasteiger partial charge in [-0.3, -0.25) is 4.79 Å². The second kappa shape index (κ2) is 4.71. The van der Waals surface area contributed by atoms with Crippen LogP contribution in [0.3, 0.4) is 0 Å². The van der Waals surface area contributed by atoms with E-state index in [0.29, 0.717) is 23.5 Å². The van der Waals surface area contributed by atoms with E-state index in [4.69, 9.17) is 0 Å². The van der Waals surface area contributed by atoms with E-state index in [0.717, 1.165) is 38.0 Å². The molecule has 0 aliphatic heterocycles. The monoisotopic (exact) mass is 316 g/mol. The predicted molar refractivity (Wildman–Crippen MR) is 91.9 cm³/mol. The fraction of sp³-hybridized carbons (Fsp3) is 0.857. The summed E-state index contributed by atoms with van der Waals surface area (Å²) in [6.45, 7) is 9.26. The normalized spacial score (nSPS) is 55.7. The fourth-order valence-corrected chi connectivity index (χ4v) is 7.15. The van der Waals surface area contributed by atoms with Gasteiger partial charge in [-0.2, -0.15) is 0 Å². The Labute approximate surface area is 140 Å². The lowest BCUT2D eigenvalue weighted by molar-refractivity contribution is -0.132. The van der Waals surface area contributed by atoms with Crippen molar-refractivity contribution in [3.63, 3.8) is 0 Å². The molecular formula is C21H32O2. The number of carbonyl (C=O) groups excluding carboxylic acids is 1. The quantitative estimate of drug-likeness (QED) is 0.713. The highest BCUT2D eigenvalue weighted by Crippen LogP contribution is 2.68. The number of hydrogen-bond donors (Lipinski definition) is 1. The lowest BCUT2D eigenvalue weighted by Gasteiger charge is -2.60. The van der Waals surface area contributed by atoms with Crippen LogP contribution in [-0.4, -0.2) is 16.5 Å². The summed E-state index contributed by atoms with van der Waals surface area (Å²) in [5, 5.41) is 11.0. The van der Waals surface area contributed by atoms with E-state index in [1.165, 1.54) is 18.4 Å². The third-order valence-electron chi connectivity index (χ3n) is 8.87. The molecule has 2 heteroatoms. The third-order valence-corrected chi connectivity index (χ3v) is 8.87. The Kier molecular flexibility index (Phi) is 3.25. The van der Waals surface area contributed by atoms with Gasteiger partial charge in [0.15, 0.2) is 5.78 Å². The molecule has 0 bridgehead atoms. The molecule has 128 valence electrons. The van der Waals surface area contributed by atoms with Gasteiger partial charge in [0.25, 0.3) is 0 Å². The van der Waals surface area contributed by atoms with E-state index < -0.39 is 5.60 Å². The minimum Gasteiger partial charge on any atom is -0.390 e. The number of fused-ring (bicyclic) bond motifs is 5. The van der Waals surface area contributed by atoms with E-state index in [1.807, 2.05) is 6.08 Å². The second-order valence-electron chi connectivity index (χ2n) is 9.79. The van der Waals surface area contributed by atoms with Gasteiger partial charge in [0, 0.05) is 6.42 Å². The van der Waals surface area contributed by atoms with Crippen molar-refractivity contribution in [2.75, 3.05) is 0 Å². The molecule has 4 aliphatic rings. The van der Waals surface area contributed by atoms with Gasteiger partial charge in [0.2, 0.25) is 0 Å². The molecule has 4 aliphatic carbocycles. The van der Waals surface area contributed by atoms with Crippen molar-refractivity contribution in [1.82, 2.24) is 0 Å². The van der Waals surface area contributed by atoms with Gasteiger partial charge in [-0.25, -0.2) is 0 Å². The minimum atomic E-state index is -0.498. The molecule has 0 spiro atoms. The van der Waals surface area contributed by atoms with Crippen LogP contribution in [0.1, 0.15) is 72.6 Å². The maximum atomic E-state index is 11.9. The molecule has 0 aromatic carbocycles. The Morgan fingerprint density at radius 3 is 2.52 bits per heavy atom. The Hall–Kier alpha value is -0.630. The number of allylic oxidation sites excluding steroid dienone is 1. The number of ketones is 1. The standard InChI is InChI=1S/C21H32O2/c1-13-11-14-12-15(22)5-8-19(14,2)16-6-9-20(3)17(18(13)16)7-10-21(20,4)23/h12-13,16-18,23H,5-11H2,1-4H3/t13?,16?,17?,18?,19?,20?,21-/m1/s1. The van der Waals surface area contributed by atoms with Crippen molar-refractivity contribution in [1.29, 1.82) is 0 Å². The van der Waals surface area contributed by atoms with E-state index in [-0.39, 0.29) is 10.8 Å². The van der Waals surface area contributed by atoms with Crippen molar-refractivity contribution in [3.8, 4) is 0 Å². The largest absolute Gasteiger partial charge is 0.390 e. The van der Waals surface area contributed by atoms with Crippen molar-refractivity contribution in [2.45, 2.75) is 78.2 Å². The summed E-state index contributed by atoms with van der Waals surface area (Å²) in [5.41, 5.74) is 1.27. The number of aliphatic hydroxyl groups is 1. The first-order chi connectivity index (χ1) is 10.7. The summed E-state index contributed by atoms with van der Waals surface area (Å²) in [4.78, 5) is 11.9. The lowest BCUT2D eigenvalue weighted by atomic mass is 9.44. The second-order valence-corrected chi connectivity index (χ2v) is 9.79. The van der Waals surface area contributed by atoms with E-state index in [9.17, 15) is 9.90 Å². The van der Waals surface area contributed by atoms with Gasteiger partial charge in [0.05, 0.1) is 5.60 Å². The zero-order valence-electron chi connectivity index (χ0n) is 15.2. The molecule has 1 N–H and O–H groups in total. The van der Waals surface area contributed by atoms with Gasteiger partial charge >= 0.3 is 0 Å². The molecule has 0 aromatic heterocycles. The van der Waals surface area contributed by atoms with Crippen LogP contribution >= 0.6 is 0 Å². The smallest absolute Gasteiger partial charge is 0.155 e. The summed E-state index contributed by atoms with van der Waals surface area (Å²) in [6.07, 6.45) is 9.39. The van der Waals surface area contributed by atoms with Gasteiger partial charge in [-0.05, 0) is 86.0 Å². The molecule has 23 heavy (non-hydrogen) atoms. The Balaban J connectivity index is 1.74. The van der Waals surface area contributed by atoms with Crippen molar-refractivity contribution >= 4 is 5.78 Å². The Bertz CT molecular complexity index is 574. The highest BCUT2D eigenvalue weighted by atomic mass is 16.3. The van der Waals surface area contributed by atoms with Gasteiger partial charge in [0.1, 0.15) is 0 Å². The topological polar surface area (TPSA) is 37.3 Å². The predicted octanol–water partition coefficient (Wildman–Crippen LogP) is 4.52. The van der Waals surface area contributed by atoms with Crippen molar-refractivity contribution in [3.05, 3.63) is 11.6 Å². The first-order valence-corrected chi connectivity index (χ1v) is 9.65. The van der Waals surface area contributed by atoms with Crippen LogP contribution in [-0.2, 0) is 4.79 Å². The maximum Gasteiger partial charge on any atom is 0.155 e. The van der Waals surface area contributed by atoms with E-state index in [2.05, 4.69) is 27.7 Å². The van der Waals surface area contributed by atoms with Crippen LogP contribution < -0.4 is 0 Å². The zero-order chi connectivity index (χ0) is 16.6. The molecular weight excluding hydrogens is 284 g/mol. The van der Waals surface area contributed by atoms with Gasteiger partial charge in [-0.15, -0.1) is 0 Å². The number of hydrogen-bond acceptors (Lipinski definition) is 2. The van der Waals surface area contributed by atoms with Crippen LogP contribution in [0.15, 0.2) is 11.6 Å². The molecule has 0 saturated heterocycles. The number of rotatable bonds is 0. The van der Waals surface area contributed by atoms with Gasteiger partial charge in [-0.1, -0.05) is 26.3 Å². The Morgan fingerprint density at radius 1 is 1.09 bits per heavy atom. The molecule has 3 fully saturated rings. The molecule has 4 rings (SSSR count). The van der Waals surface area contributed by atoms with Crippen molar-refractivity contribution in [2.24, 2.45) is 34.5 Å². The fourth-order valence-electron chi connectivity index (χ4n) is 7.15. The van der Waals surface area contributed by atoms with Crippen LogP contribution in [0, 0.1) is 34.5 Å². The molecule has 0 aromatic rings. The summed E-state index contributed by atoms with van der Waals surface area (Å²) < 4.78 is 0. The highest BCUT2D eigenvalue weighted by molar-refractivity contribution is 5.91. The van der Waals surface area contributed by atoms with Gasteiger partial charge < -0.3 is 5.11 Å². The van der Waals surface area contributed by atoms with Crippen LogP contribution in [0.5, 0.6) is 0 Å². The molecule has 0 radical (unpaired) electrons. The summed E-state index contributed by atoms with van der Waals surface area (Å²) >= 11 is 0. The average molecular weight is 316 g/mol. The molecule has 3 saturated carbocycles. The first kappa shape index (κ1) is 15.9. The molecule has 2 nitrogen and oxygen atoms in total. The SMILES string of the molecule is CC1CC2=CC(=O)CCC2(C)C2CCC3(C)C(CC[C@@]3(C)O)C12. The summed E-state index contributed by atoms with van der Waals surface area (Å²) in [5.74, 6) is 3.06. The third kappa shape index (κ3) is 1.94. The summed E-state index contributed by atoms with van der Waals surface area (Å²) in [7, 11) is 0. The zero-order valence-corrected chi connectivity index (χ0v) is 15.2. The molecule has 0 heterocycles. The molecule has 6 unspecified atom stereocenters. The molecule has 7 atom stereocenters. The first-order valence-electron chi connectivity index (χ1n) is 9.65. The minimum absolute atomic E-state index is 0.0878. The average Bonchev–Trinajstić information content (AvgIpc) is 2.72. The maximum absolute atomic E-state index is 11.9. The summed E-state index contributed by atoms with van der Waals surface area (Å²) in [6, 6.07) is 0. The van der Waals surface area contributed by atoms with E-state index in [1.54, 1.807) is 0 Å². The van der Waals surface area contributed by atoms with Crippen LogP contribution in [0.4, 0.5) is 0 Å². The molecule has 0 amide bonds. The van der Waals surface area contributed by atoms with Crippen LogP contribution in [0.25, 0.3) is 0 Å². The highest BCUT2D eigenvalue weighted by Gasteiger charge is 2.63. The van der Waals surface area contributed by atoms with Crippen LogP contribution in [0.2, 0.25) is 0 Å². The number of carbonyl (C=O) groups is 1. The Morgan fingerprint density at radius 2 is 1.78 bits per heavy atom. The van der Waals surface area contributed by atoms with Crippen molar-refractivity contribution < 1.29 is 9.90 Å².